The van der Waals surface area contributed by atoms with E-state index in [1.807, 2.05) is 31.1 Å². The Morgan fingerprint density at radius 3 is 2.08 bits per heavy atom. The third-order valence-corrected chi connectivity index (χ3v) is 3.50. The topological polar surface area (TPSA) is 79.9 Å². The number of hydrogen-bond donors (Lipinski definition) is 2. The minimum absolute atomic E-state index is 0.352. The van der Waals surface area contributed by atoms with Gasteiger partial charge in [-0.05, 0) is 36.4 Å². The Balaban J connectivity index is 2.06. The lowest BCUT2D eigenvalue weighted by Gasteiger charge is -2.13. The van der Waals surface area contributed by atoms with Crippen molar-refractivity contribution in [2.45, 2.75) is 0 Å². The molecule has 7 nitrogen and oxygen atoms in total. The number of rotatable bonds is 5. The predicted octanol–water partition coefficient (Wildman–Crippen LogP) is 2.35. The predicted molar refractivity (Wildman–Crippen MR) is 97.6 cm³/mol. The van der Waals surface area contributed by atoms with Gasteiger partial charge in [-0.3, -0.25) is 9.59 Å². The molecule has 0 spiro atoms. The van der Waals surface area contributed by atoms with Crippen LogP contribution in [0.3, 0.4) is 0 Å². The first-order valence-corrected chi connectivity index (χ1v) is 7.56. The molecule has 7 heteroatoms. The lowest BCUT2D eigenvalue weighted by molar-refractivity contribution is -0.133. The van der Waals surface area contributed by atoms with E-state index in [0.717, 1.165) is 5.69 Å². The Hall–Kier alpha value is -3.22. The Kier molecular flexibility index (Phi) is 5.84. The standard InChI is InChI=1S/C18H21N3O4/c1-21(2)13-7-5-12(6-8-13)19-17(22)18(23)20-15-11-14(24-3)9-10-16(15)25-4/h5-11H,1-4H3,(H,19,22)(H,20,23). The lowest BCUT2D eigenvalue weighted by atomic mass is 10.2. The van der Waals surface area contributed by atoms with Gasteiger partial charge in [-0.15, -0.1) is 0 Å². The molecule has 25 heavy (non-hydrogen) atoms. The first-order valence-electron chi connectivity index (χ1n) is 7.56. The van der Waals surface area contributed by atoms with Gasteiger partial charge in [0.2, 0.25) is 0 Å². The average molecular weight is 343 g/mol. The van der Waals surface area contributed by atoms with Crippen molar-refractivity contribution >= 4 is 28.9 Å². The Morgan fingerprint density at radius 2 is 1.52 bits per heavy atom. The maximum Gasteiger partial charge on any atom is 0.314 e. The van der Waals surface area contributed by atoms with Gasteiger partial charge in [0, 0.05) is 31.5 Å². The van der Waals surface area contributed by atoms with E-state index in [1.54, 1.807) is 30.3 Å². The van der Waals surface area contributed by atoms with E-state index in [9.17, 15) is 9.59 Å². The monoisotopic (exact) mass is 343 g/mol. The Labute approximate surface area is 146 Å². The number of methoxy groups -OCH3 is 2. The summed E-state index contributed by atoms with van der Waals surface area (Å²) in [5.41, 5.74) is 1.87. The summed E-state index contributed by atoms with van der Waals surface area (Å²) < 4.78 is 10.3. The molecule has 2 amide bonds. The van der Waals surface area contributed by atoms with Crippen LogP contribution in [-0.4, -0.2) is 40.1 Å². The van der Waals surface area contributed by atoms with Crippen molar-refractivity contribution in [2.75, 3.05) is 43.8 Å². The molecule has 0 radical (unpaired) electrons. The smallest absolute Gasteiger partial charge is 0.314 e. The number of nitrogens with one attached hydrogen (secondary N) is 2. The molecule has 2 aromatic rings. The summed E-state index contributed by atoms with van der Waals surface area (Å²) in [5, 5.41) is 5.07. The third-order valence-electron chi connectivity index (χ3n) is 3.50. The van der Waals surface area contributed by atoms with Crippen LogP contribution in [0.25, 0.3) is 0 Å². The van der Waals surface area contributed by atoms with E-state index in [-0.39, 0.29) is 0 Å². The Bertz CT molecular complexity index is 757. The van der Waals surface area contributed by atoms with Crippen molar-refractivity contribution in [1.29, 1.82) is 0 Å². The maximum atomic E-state index is 12.1. The highest BCUT2D eigenvalue weighted by atomic mass is 16.5. The summed E-state index contributed by atoms with van der Waals surface area (Å²) in [6.07, 6.45) is 0. The fourth-order valence-corrected chi connectivity index (χ4v) is 2.12. The number of nitrogens with zero attached hydrogens (tertiary/aromatic N) is 1. The molecule has 0 atom stereocenters. The molecule has 0 saturated heterocycles. The summed E-state index contributed by atoms with van der Waals surface area (Å²) >= 11 is 0. The van der Waals surface area contributed by atoms with E-state index in [4.69, 9.17) is 9.47 Å². The quantitative estimate of drug-likeness (QED) is 0.815. The van der Waals surface area contributed by atoms with Crippen LogP contribution >= 0.6 is 0 Å². The van der Waals surface area contributed by atoms with Crippen molar-refractivity contribution in [3.8, 4) is 11.5 Å². The van der Waals surface area contributed by atoms with Crippen LogP contribution in [0, 0.1) is 0 Å². The number of anilines is 3. The van der Waals surface area contributed by atoms with Crippen molar-refractivity contribution in [2.24, 2.45) is 0 Å². The summed E-state index contributed by atoms with van der Waals surface area (Å²) in [7, 11) is 6.83. The summed E-state index contributed by atoms with van der Waals surface area (Å²) in [5.74, 6) is -0.612. The van der Waals surface area contributed by atoms with E-state index >= 15 is 0 Å². The molecule has 0 saturated carbocycles. The summed E-state index contributed by atoms with van der Waals surface area (Å²) in [6.45, 7) is 0. The largest absolute Gasteiger partial charge is 0.497 e. The highest BCUT2D eigenvalue weighted by Crippen LogP contribution is 2.28. The molecule has 0 fully saturated rings. The van der Waals surface area contributed by atoms with Crippen LogP contribution < -0.4 is 25.0 Å². The first-order chi connectivity index (χ1) is 11.9. The van der Waals surface area contributed by atoms with Crippen molar-refractivity contribution in [3.63, 3.8) is 0 Å². The van der Waals surface area contributed by atoms with Crippen LogP contribution in [0.4, 0.5) is 17.1 Å². The maximum absolute atomic E-state index is 12.1. The van der Waals surface area contributed by atoms with Gasteiger partial charge < -0.3 is 25.0 Å². The summed E-state index contributed by atoms with van der Waals surface area (Å²) in [6, 6.07) is 12.1. The van der Waals surface area contributed by atoms with Crippen LogP contribution in [0.2, 0.25) is 0 Å². The molecule has 2 N–H and O–H groups in total. The molecule has 0 aliphatic carbocycles. The zero-order valence-corrected chi connectivity index (χ0v) is 14.6. The number of amides is 2. The van der Waals surface area contributed by atoms with Gasteiger partial charge in [-0.25, -0.2) is 0 Å². The van der Waals surface area contributed by atoms with Gasteiger partial charge in [0.1, 0.15) is 11.5 Å². The zero-order chi connectivity index (χ0) is 18.4. The number of carbonyl (C=O) groups excluding carboxylic acids is 2. The van der Waals surface area contributed by atoms with Gasteiger partial charge in [-0.1, -0.05) is 0 Å². The highest BCUT2D eigenvalue weighted by molar-refractivity contribution is 6.43. The third kappa shape index (κ3) is 4.63. The second kappa shape index (κ2) is 8.05. The van der Waals surface area contributed by atoms with Crippen LogP contribution in [0.5, 0.6) is 11.5 Å². The molecular weight excluding hydrogens is 322 g/mol. The second-order valence-electron chi connectivity index (χ2n) is 5.42. The first kappa shape index (κ1) is 18.1. The second-order valence-corrected chi connectivity index (χ2v) is 5.42. The molecule has 2 aromatic carbocycles. The van der Waals surface area contributed by atoms with E-state index in [1.165, 1.54) is 14.2 Å². The number of benzene rings is 2. The minimum Gasteiger partial charge on any atom is -0.497 e. The SMILES string of the molecule is COc1ccc(OC)c(NC(=O)C(=O)Nc2ccc(N(C)C)cc2)c1. The van der Waals surface area contributed by atoms with Crippen molar-refractivity contribution in [3.05, 3.63) is 42.5 Å². The van der Waals surface area contributed by atoms with Gasteiger partial charge >= 0.3 is 11.8 Å². The molecule has 132 valence electrons. The van der Waals surface area contributed by atoms with Crippen LogP contribution in [0.1, 0.15) is 0 Å². The minimum atomic E-state index is -0.803. The summed E-state index contributed by atoms with van der Waals surface area (Å²) in [4.78, 5) is 26.2. The van der Waals surface area contributed by atoms with Crippen LogP contribution in [-0.2, 0) is 9.59 Å². The highest BCUT2D eigenvalue weighted by Gasteiger charge is 2.16. The van der Waals surface area contributed by atoms with E-state index in [2.05, 4.69) is 10.6 Å². The zero-order valence-electron chi connectivity index (χ0n) is 14.6. The molecule has 0 unspecified atom stereocenters. The molecule has 0 aromatic heterocycles. The molecular formula is C18H21N3O4. The number of hydrogen-bond acceptors (Lipinski definition) is 5. The van der Waals surface area contributed by atoms with Gasteiger partial charge in [0.15, 0.2) is 0 Å². The fraction of sp³-hybridized carbons (Fsp3) is 0.222. The number of ether oxygens (including phenoxy) is 2. The van der Waals surface area contributed by atoms with Gasteiger partial charge in [0.25, 0.3) is 0 Å². The average Bonchev–Trinajstić information content (AvgIpc) is 2.61. The molecule has 0 bridgehead atoms. The fourth-order valence-electron chi connectivity index (χ4n) is 2.12. The van der Waals surface area contributed by atoms with Crippen LogP contribution in [0.15, 0.2) is 42.5 Å². The Morgan fingerprint density at radius 1 is 0.880 bits per heavy atom. The van der Waals surface area contributed by atoms with Gasteiger partial charge in [0.05, 0.1) is 19.9 Å². The molecule has 0 aliphatic rings. The van der Waals surface area contributed by atoms with Gasteiger partial charge in [-0.2, -0.15) is 0 Å². The molecule has 2 rings (SSSR count). The van der Waals surface area contributed by atoms with E-state index in [0.29, 0.717) is 22.9 Å². The van der Waals surface area contributed by atoms with E-state index < -0.39 is 11.8 Å². The normalized spacial score (nSPS) is 9.92. The lowest BCUT2D eigenvalue weighted by Crippen LogP contribution is -2.29. The molecule has 0 aliphatic heterocycles. The number of carbonyl (C=O) groups is 2. The molecule has 0 heterocycles. The van der Waals surface area contributed by atoms with Crippen molar-refractivity contribution < 1.29 is 19.1 Å². The van der Waals surface area contributed by atoms with Crippen molar-refractivity contribution in [1.82, 2.24) is 0 Å².